The Bertz CT molecular complexity index is 435. The number of aliphatic hydroxyl groups excluding tert-OH is 1. The third kappa shape index (κ3) is 6.40. The zero-order valence-electron chi connectivity index (χ0n) is 15.5. The molecule has 0 spiro atoms. The molecule has 3 nitrogen and oxygen atoms in total. The summed E-state index contributed by atoms with van der Waals surface area (Å²) in [6.07, 6.45) is 12.2. The number of hydrogen-bond acceptors (Lipinski definition) is 2. The van der Waals surface area contributed by atoms with E-state index in [2.05, 4.69) is 33.0 Å². The van der Waals surface area contributed by atoms with Crippen LogP contribution >= 0.6 is 0 Å². The summed E-state index contributed by atoms with van der Waals surface area (Å²) in [7, 11) is 0. The van der Waals surface area contributed by atoms with Gasteiger partial charge in [0.05, 0.1) is 5.76 Å². The Balaban J connectivity index is 2.62. The molecule has 23 heavy (non-hydrogen) atoms. The summed E-state index contributed by atoms with van der Waals surface area (Å²) in [5.74, 6) is 0.491. The molecule has 1 aliphatic carbocycles. The molecule has 2 N–H and O–H groups in total. The summed E-state index contributed by atoms with van der Waals surface area (Å²) in [4.78, 5) is 12.3. The van der Waals surface area contributed by atoms with Crippen molar-refractivity contribution < 1.29 is 9.90 Å². The van der Waals surface area contributed by atoms with E-state index in [0.29, 0.717) is 12.2 Å². The van der Waals surface area contributed by atoms with Crippen LogP contribution in [0.25, 0.3) is 0 Å². The molecule has 0 aromatic carbocycles. The fourth-order valence-electron chi connectivity index (χ4n) is 3.21. The summed E-state index contributed by atoms with van der Waals surface area (Å²) >= 11 is 0. The van der Waals surface area contributed by atoms with Gasteiger partial charge in [-0.1, -0.05) is 65.9 Å². The highest BCUT2D eigenvalue weighted by Gasteiger charge is 2.35. The smallest absolute Gasteiger partial charge is 0.247 e. The van der Waals surface area contributed by atoms with E-state index >= 15 is 0 Å². The monoisotopic (exact) mass is 321 g/mol. The Morgan fingerprint density at radius 3 is 2.52 bits per heavy atom. The third-order valence-electron chi connectivity index (χ3n) is 4.96. The van der Waals surface area contributed by atoms with Crippen LogP contribution in [0.1, 0.15) is 79.1 Å². The number of hydrogen-bond donors (Lipinski definition) is 2. The predicted molar refractivity (Wildman–Crippen MR) is 97.4 cm³/mol. The van der Waals surface area contributed by atoms with Gasteiger partial charge >= 0.3 is 0 Å². The number of carbonyl (C=O) groups excluding carboxylic acids is 1. The van der Waals surface area contributed by atoms with Crippen LogP contribution in [-0.4, -0.2) is 17.6 Å². The molecular weight excluding hydrogens is 286 g/mol. The SMILES string of the molecule is CCCCCCC(C)(C)C1CC(C(=O)NCCCC)=CC=C1O. The van der Waals surface area contributed by atoms with E-state index in [-0.39, 0.29) is 17.2 Å². The molecule has 0 radical (unpaired) electrons. The number of nitrogens with one attached hydrogen (secondary N) is 1. The van der Waals surface area contributed by atoms with Gasteiger partial charge in [0, 0.05) is 18.0 Å². The molecule has 0 fully saturated rings. The zero-order valence-corrected chi connectivity index (χ0v) is 15.5. The number of amides is 1. The van der Waals surface area contributed by atoms with Crippen LogP contribution < -0.4 is 5.32 Å². The van der Waals surface area contributed by atoms with Gasteiger partial charge in [0.15, 0.2) is 0 Å². The second-order valence-electron chi connectivity index (χ2n) is 7.45. The fourth-order valence-corrected chi connectivity index (χ4v) is 3.21. The van der Waals surface area contributed by atoms with Crippen LogP contribution in [-0.2, 0) is 4.79 Å². The van der Waals surface area contributed by atoms with E-state index < -0.39 is 0 Å². The van der Waals surface area contributed by atoms with Gasteiger partial charge in [-0.2, -0.15) is 0 Å². The molecule has 0 aliphatic heterocycles. The van der Waals surface area contributed by atoms with Crippen molar-refractivity contribution in [1.29, 1.82) is 0 Å². The van der Waals surface area contributed by atoms with Gasteiger partial charge in [-0.3, -0.25) is 4.79 Å². The zero-order chi connectivity index (χ0) is 17.3. The van der Waals surface area contributed by atoms with Crippen molar-refractivity contribution in [3.63, 3.8) is 0 Å². The molecule has 1 rings (SSSR count). The topological polar surface area (TPSA) is 49.3 Å². The second kappa shape index (κ2) is 9.79. The van der Waals surface area contributed by atoms with E-state index in [9.17, 15) is 9.90 Å². The summed E-state index contributed by atoms with van der Waals surface area (Å²) in [6.45, 7) is 9.49. The second-order valence-corrected chi connectivity index (χ2v) is 7.45. The van der Waals surface area contributed by atoms with Crippen LogP contribution in [0.5, 0.6) is 0 Å². The van der Waals surface area contributed by atoms with Crippen molar-refractivity contribution >= 4 is 5.91 Å². The third-order valence-corrected chi connectivity index (χ3v) is 4.96. The highest BCUT2D eigenvalue weighted by Crippen LogP contribution is 2.42. The molecular formula is C20H35NO2. The van der Waals surface area contributed by atoms with Gasteiger partial charge in [-0.05, 0) is 30.8 Å². The first-order chi connectivity index (χ1) is 10.9. The van der Waals surface area contributed by atoms with Crippen LogP contribution in [0.3, 0.4) is 0 Å². The van der Waals surface area contributed by atoms with E-state index in [0.717, 1.165) is 31.4 Å². The quantitative estimate of drug-likeness (QED) is 0.537. The molecule has 0 aromatic rings. The van der Waals surface area contributed by atoms with Crippen LogP contribution in [0.4, 0.5) is 0 Å². The molecule has 1 unspecified atom stereocenters. The lowest BCUT2D eigenvalue weighted by atomic mass is 9.70. The Kier molecular flexibility index (Phi) is 8.43. The van der Waals surface area contributed by atoms with Gasteiger partial charge in [-0.15, -0.1) is 0 Å². The minimum atomic E-state index is 0.0114. The number of aliphatic hydroxyl groups is 1. The lowest BCUT2D eigenvalue weighted by Crippen LogP contribution is -2.32. The highest BCUT2D eigenvalue weighted by molar-refractivity contribution is 5.94. The van der Waals surface area contributed by atoms with Crippen molar-refractivity contribution in [3.05, 3.63) is 23.5 Å². The van der Waals surface area contributed by atoms with Crippen molar-refractivity contribution in [3.8, 4) is 0 Å². The van der Waals surface area contributed by atoms with Crippen molar-refractivity contribution in [1.82, 2.24) is 5.32 Å². The van der Waals surface area contributed by atoms with E-state index in [4.69, 9.17) is 0 Å². The minimum absolute atomic E-state index is 0.0114. The number of unbranched alkanes of at least 4 members (excludes halogenated alkanes) is 4. The molecule has 3 heteroatoms. The number of rotatable bonds is 10. The molecule has 0 saturated carbocycles. The first-order valence-electron chi connectivity index (χ1n) is 9.30. The van der Waals surface area contributed by atoms with Gasteiger partial charge in [-0.25, -0.2) is 0 Å². The lowest BCUT2D eigenvalue weighted by Gasteiger charge is -2.36. The molecule has 0 heterocycles. The fraction of sp³-hybridized carbons (Fsp3) is 0.750. The van der Waals surface area contributed by atoms with Crippen molar-refractivity contribution in [2.24, 2.45) is 11.3 Å². The first kappa shape index (κ1) is 19.8. The van der Waals surface area contributed by atoms with E-state index in [1.807, 2.05) is 0 Å². The average Bonchev–Trinajstić information content (AvgIpc) is 2.52. The normalized spacial score (nSPS) is 18.3. The maximum atomic E-state index is 12.3. The van der Waals surface area contributed by atoms with Crippen molar-refractivity contribution in [2.45, 2.75) is 79.1 Å². The van der Waals surface area contributed by atoms with Gasteiger partial charge in [0.1, 0.15) is 0 Å². The Hall–Kier alpha value is -1.25. The van der Waals surface area contributed by atoms with E-state index in [1.165, 1.54) is 25.7 Å². The summed E-state index contributed by atoms with van der Waals surface area (Å²) in [5.41, 5.74) is 0.808. The maximum Gasteiger partial charge on any atom is 0.247 e. The van der Waals surface area contributed by atoms with Gasteiger partial charge in [0.25, 0.3) is 0 Å². The Morgan fingerprint density at radius 1 is 1.17 bits per heavy atom. The summed E-state index contributed by atoms with van der Waals surface area (Å²) < 4.78 is 0. The Morgan fingerprint density at radius 2 is 1.87 bits per heavy atom. The molecule has 132 valence electrons. The maximum absolute atomic E-state index is 12.3. The predicted octanol–water partition coefficient (Wildman–Crippen LogP) is 5.29. The van der Waals surface area contributed by atoms with Crippen molar-refractivity contribution in [2.75, 3.05) is 6.54 Å². The molecule has 0 saturated heterocycles. The summed E-state index contributed by atoms with van der Waals surface area (Å²) in [6, 6.07) is 0. The van der Waals surface area contributed by atoms with E-state index in [1.54, 1.807) is 12.2 Å². The average molecular weight is 322 g/mol. The van der Waals surface area contributed by atoms with Gasteiger partial charge in [0.2, 0.25) is 5.91 Å². The van der Waals surface area contributed by atoms with Crippen LogP contribution in [0.2, 0.25) is 0 Å². The number of allylic oxidation sites excluding steroid dienone is 3. The summed E-state index contributed by atoms with van der Waals surface area (Å²) in [5, 5.41) is 13.3. The largest absolute Gasteiger partial charge is 0.512 e. The molecule has 0 bridgehead atoms. The molecule has 1 aliphatic rings. The molecule has 1 amide bonds. The Labute approximate surface area is 142 Å². The van der Waals surface area contributed by atoms with Crippen LogP contribution in [0.15, 0.2) is 23.5 Å². The first-order valence-corrected chi connectivity index (χ1v) is 9.30. The lowest BCUT2D eigenvalue weighted by molar-refractivity contribution is -0.117. The minimum Gasteiger partial charge on any atom is -0.512 e. The van der Waals surface area contributed by atoms with Crippen LogP contribution in [0, 0.1) is 11.3 Å². The highest BCUT2D eigenvalue weighted by atomic mass is 16.3. The van der Waals surface area contributed by atoms with Gasteiger partial charge < -0.3 is 10.4 Å². The number of carbonyl (C=O) groups is 1. The molecule has 1 atom stereocenters. The molecule has 0 aromatic heterocycles. The standard InChI is InChI=1S/C20H35NO2/c1-5-7-9-10-13-20(3,4)17-15-16(11-12-18(17)22)19(23)21-14-8-6-2/h11-12,17,22H,5-10,13-15H2,1-4H3,(H,21,23).